The number of para-hydroxylation sites is 1. The molecule has 0 saturated heterocycles. The molecule has 0 bridgehead atoms. The number of aryl methyl sites for hydroxylation is 1. The van der Waals surface area contributed by atoms with Gasteiger partial charge in [-0.1, -0.05) is 25.1 Å². The first-order chi connectivity index (χ1) is 12.5. The van der Waals surface area contributed by atoms with Crippen LogP contribution in [-0.2, 0) is 6.42 Å². The van der Waals surface area contributed by atoms with Crippen LogP contribution in [0, 0.1) is 0 Å². The Hall–Kier alpha value is -3.61. The van der Waals surface area contributed by atoms with Gasteiger partial charge in [-0.3, -0.25) is 14.9 Å². The van der Waals surface area contributed by atoms with Crippen LogP contribution in [0.5, 0.6) is 0 Å². The first kappa shape index (κ1) is 17.2. The highest BCUT2D eigenvalue weighted by Crippen LogP contribution is 2.22. The van der Waals surface area contributed by atoms with E-state index in [1.54, 1.807) is 36.4 Å². The van der Waals surface area contributed by atoms with Gasteiger partial charge in [0, 0.05) is 28.5 Å². The Kier molecular flexibility index (Phi) is 4.70. The minimum atomic E-state index is -1.20. The molecule has 26 heavy (non-hydrogen) atoms. The monoisotopic (exact) mass is 351 g/mol. The van der Waals surface area contributed by atoms with Crippen molar-refractivity contribution in [3.05, 3.63) is 70.0 Å². The molecule has 0 aliphatic heterocycles. The molecule has 0 unspecified atom stereocenters. The zero-order chi connectivity index (χ0) is 18.7. The van der Waals surface area contributed by atoms with Gasteiger partial charge in [-0.25, -0.2) is 4.79 Å². The van der Waals surface area contributed by atoms with Crippen LogP contribution in [-0.4, -0.2) is 22.1 Å². The molecule has 3 aromatic rings. The van der Waals surface area contributed by atoms with Gasteiger partial charge < -0.3 is 15.4 Å². The van der Waals surface area contributed by atoms with E-state index >= 15 is 0 Å². The summed E-state index contributed by atoms with van der Waals surface area (Å²) in [5, 5.41) is 14.2. The third-order valence-electron chi connectivity index (χ3n) is 4.02. The number of aromatic nitrogens is 1. The van der Waals surface area contributed by atoms with Crippen LogP contribution >= 0.6 is 0 Å². The predicted molar refractivity (Wildman–Crippen MR) is 100.0 cm³/mol. The van der Waals surface area contributed by atoms with Crippen LogP contribution in [0.25, 0.3) is 10.9 Å². The molecule has 0 radical (unpaired) electrons. The van der Waals surface area contributed by atoms with Gasteiger partial charge in [0.25, 0.3) is 5.91 Å². The molecule has 4 N–H and O–H groups in total. The summed E-state index contributed by atoms with van der Waals surface area (Å²) in [6.45, 7) is 1.91. The second-order valence-electron chi connectivity index (χ2n) is 5.69. The first-order valence-electron chi connectivity index (χ1n) is 8.04. The Labute approximate surface area is 148 Å². The maximum atomic E-state index is 12.6. The van der Waals surface area contributed by atoms with Crippen molar-refractivity contribution in [1.82, 2.24) is 4.98 Å². The van der Waals surface area contributed by atoms with Crippen molar-refractivity contribution in [2.24, 2.45) is 0 Å². The van der Waals surface area contributed by atoms with Gasteiger partial charge in [0.1, 0.15) is 5.56 Å². The number of amides is 2. The van der Waals surface area contributed by atoms with Crippen LogP contribution < -0.4 is 16.1 Å². The Bertz CT molecular complexity index is 1060. The number of H-pyrrole nitrogens is 1. The van der Waals surface area contributed by atoms with Crippen LogP contribution in [0.15, 0.2) is 53.5 Å². The second kappa shape index (κ2) is 7.10. The summed E-state index contributed by atoms with van der Waals surface area (Å²) >= 11 is 0. The van der Waals surface area contributed by atoms with E-state index in [1.165, 1.54) is 12.3 Å². The molecule has 7 heteroatoms. The number of hydrogen-bond donors (Lipinski definition) is 4. The van der Waals surface area contributed by atoms with E-state index < -0.39 is 12.0 Å². The molecule has 2 aromatic carbocycles. The number of carbonyl (C=O) groups excluding carboxylic acids is 1. The third kappa shape index (κ3) is 3.41. The van der Waals surface area contributed by atoms with Crippen molar-refractivity contribution in [2.45, 2.75) is 13.3 Å². The largest absolute Gasteiger partial charge is 0.465 e. The van der Waals surface area contributed by atoms with Gasteiger partial charge in [-0.2, -0.15) is 0 Å². The first-order valence-corrected chi connectivity index (χ1v) is 8.04. The van der Waals surface area contributed by atoms with Crippen molar-refractivity contribution < 1.29 is 14.7 Å². The Morgan fingerprint density at radius 3 is 2.62 bits per heavy atom. The average Bonchev–Trinajstić information content (AvgIpc) is 2.62. The quantitative estimate of drug-likeness (QED) is 0.577. The van der Waals surface area contributed by atoms with Crippen molar-refractivity contribution in [3.8, 4) is 0 Å². The number of carbonyl (C=O) groups is 2. The van der Waals surface area contributed by atoms with Gasteiger partial charge >= 0.3 is 6.09 Å². The molecule has 7 nitrogen and oxygen atoms in total. The Morgan fingerprint density at radius 1 is 1.12 bits per heavy atom. The van der Waals surface area contributed by atoms with Crippen LogP contribution in [0.3, 0.4) is 0 Å². The van der Waals surface area contributed by atoms with Crippen LogP contribution in [0.2, 0.25) is 0 Å². The lowest BCUT2D eigenvalue weighted by Gasteiger charge is -2.12. The number of carboxylic acid groups (broad SMARTS) is 1. The predicted octanol–water partition coefficient (Wildman–Crippen LogP) is 3.43. The molecule has 0 fully saturated rings. The number of anilines is 2. The van der Waals surface area contributed by atoms with Crippen molar-refractivity contribution in [2.75, 3.05) is 10.6 Å². The number of nitrogens with one attached hydrogen (secondary N) is 3. The smallest absolute Gasteiger partial charge is 0.409 e. The minimum absolute atomic E-state index is 0.0117. The maximum Gasteiger partial charge on any atom is 0.409 e. The van der Waals surface area contributed by atoms with Crippen molar-refractivity contribution in [1.29, 1.82) is 0 Å². The van der Waals surface area contributed by atoms with Gasteiger partial charge in [0.05, 0.1) is 0 Å². The van der Waals surface area contributed by atoms with Gasteiger partial charge in [-0.05, 0) is 36.2 Å². The van der Waals surface area contributed by atoms with Crippen molar-refractivity contribution in [3.63, 3.8) is 0 Å². The summed E-state index contributed by atoms with van der Waals surface area (Å²) in [6.07, 6.45) is 0.819. The molecule has 1 heterocycles. The number of rotatable bonds is 4. The van der Waals surface area contributed by atoms with Gasteiger partial charge in [-0.15, -0.1) is 0 Å². The number of aromatic amines is 1. The molecule has 0 atom stereocenters. The van der Waals surface area contributed by atoms with Gasteiger partial charge in [0.2, 0.25) is 5.43 Å². The zero-order valence-electron chi connectivity index (χ0n) is 14.0. The van der Waals surface area contributed by atoms with E-state index in [4.69, 9.17) is 5.11 Å². The van der Waals surface area contributed by atoms with Crippen molar-refractivity contribution >= 4 is 34.3 Å². The summed E-state index contributed by atoms with van der Waals surface area (Å²) in [5.41, 5.74) is 1.88. The molecule has 0 aliphatic carbocycles. The number of fused-ring (bicyclic) bond motifs is 1. The number of hydrogen-bond acceptors (Lipinski definition) is 3. The SMILES string of the molecule is CCc1ccc(NC(=O)O)cc1NC(=O)c1c[nH]c2ccccc2c1=O. The van der Waals surface area contributed by atoms with E-state index in [0.717, 1.165) is 5.56 Å². The highest BCUT2D eigenvalue weighted by Gasteiger charge is 2.15. The fourth-order valence-electron chi connectivity index (χ4n) is 2.73. The topological polar surface area (TPSA) is 111 Å². The van der Waals surface area contributed by atoms with E-state index in [2.05, 4.69) is 15.6 Å². The standard InChI is InChI=1S/C19H17N3O4/c1-2-11-7-8-12(21-19(25)26)9-16(11)22-18(24)14-10-20-15-6-4-3-5-13(15)17(14)23/h3-10,21H,2H2,1H3,(H,20,23)(H,22,24)(H,25,26). The highest BCUT2D eigenvalue weighted by molar-refractivity contribution is 6.06. The third-order valence-corrected chi connectivity index (χ3v) is 4.02. The minimum Gasteiger partial charge on any atom is -0.465 e. The van der Waals surface area contributed by atoms with Gasteiger partial charge in [0.15, 0.2) is 0 Å². The molecular formula is C19H17N3O4. The molecule has 1 aromatic heterocycles. The fourth-order valence-corrected chi connectivity index (χ4v) is 2.73. The Balaban J connectivity index is 1.96. The van der Waals surface area contributed by atoms with E-state index in [-0.39, 0.29) is 11.0 Å². The number of benzene rings is 2. The lowest BCUT2D eigenvalue weighted by Crippen LogP contribution is -2.22. The molecular weight excluding hydrogens is 334 g/mol. The lowest BCUT2D eigenvalue weighted by atomic mass is 10.1. The fraction of sp³-hybridized carbons (Fsp3) is 0.105. The Morgan fingerprint density at radius 2 is 1.88 bits per heavy atom. The van der Waals surface area contributed by atoms with E-state index in [1.807, 2.05) is 6.92 Å². The van der Waals surface area contributed by atoms with E-state index in [0.29, 0.717) is 28.7 Å². The maximum absolute atomic E-state index is 12.6. The molecule has 132 valence electrons. The van der Waals surface area contributed by atoms with E-state index in [9.17, 15) is 14.4 Å². The van der Waals surface area contributed by atoms with Crippen LogP contribution in [0.1, 0.15) is 22.8 Å². The molecule has 0 aliphatic rings. The summed E-state index contributed by atoms with van der Waals surface area (Å²) in [7, 11) is 0. The highest BCUT2D eigenvalue weighted by atomic mass is 16.4. The normalized spacial score (nSPS) is 10.5. The summed E-state index contributed by atoms with van der Waals surface area (Å²) in [5.74, 6) is -0.556. The molecule has 0 spiro atoms. The molecule has 2 amide bonds. The van der Waals surface area contributed by atoms with Crippen LogP contribution in [0.4, 0.5) is 16.2 Å². The molecule has 3 rings (SSSR count). The second-order valence-corrected chi connectivity index (χ2v) is 5.69. The molecule has 0 saturated carbocycles. The lowest BCUT2D eigenvalue weighted by molar-refractivity contribution is 0.102. The average molecular weight is 351 g/mol. The summed E-state index contributed by atoms with van der Waals surface area (Å²) in [6, 6.07) is 11.8. The zero-order valence-corrected chi connectivity index (χ0v) is 14.0. The number of pyridine rings is 1. The summed E-state index contributed by atoms with van der Waals surface area (Å²) in [4.78, 5) is 38.9. The summed E-state index contributed by atoms with van der Waals surface area (Å²) < 4.78 is 0.